The van der Waals surface area contributed by atoms with E-state index in [0.29, 0.717) is 22.2 Å². The molecule has 22 heavy (non-hydrogen) atoms. The molecule has 0 saturated heterocycles. The van der Waals surface area contributed by atoms with Crippen molar-refractivity contribution in [2.24, 2.45) is 5.10 Å². The van der Waals surface area contributed by atoms with Crippen molar-refractivity contribution in [2.75, 3.05) is 12.3 Å². The smallest absolute Gasteiger partial charge is 0.277 e. The maximum absolute atomic E-state index is 11.7. The van der Waals surface area contributed by atoms with Crippen LogP contribution in [0.4, 0.5) is 5.69 Å². The Bertz CT molecular complexity index is 684. The highest BCUT2D eigenvalue weighted by molar-refractivity contribution is 6.30. The third-order valence-electron chi connectivity index (χ3n) is 2.84. The van der Waals surface area contributed by atoms with Crippen molar-refractivity contribution in [1.29, 1.82) is 0 Å². The van der Waals surface area contributed by atoms with Crippen LogP contribution >= 0.6 is 11.6 Å². The Balaban J connectivity index is 1.86. The topological polar surface area (TPSA) is 76.7 Å². The summed E-state index contributed by atoms with van der Waals surface area (Å²) in [6.45, 7) is 1.66. The number of ether oxygens (including phenoxy) is 1. The van der Waals surface area contributed by atoms with Gasteiger partial charge in [-0.1, -0.05) is 23.7 Å². The van der Waals surface area contributed by atoms with Gasteiger partial charge in [-0.05, 0) is 48.9 Å². The molecule has 0 radical (unpaired) electrons. The van der Waals surface area contributed by atoms with Crippen LogP contribution in [-0.4, -0.2) is 18.2 Å². The van der Waals surface area contributed by atoms with Crippen LogP contribution in [0.3, 0.4) is 0 Å². The number of nitrogen functional groups attached to an aromatic ring is 1. The van der Waals surface area contributed by atoms with Crippen LogP contribution in [0.2, 0.25) is 5.02 Å². The molecular formula is C16H16ClN3O2. The monoisotopic (exact) mass is 317 g/mol. The first kappa shape index (κ1) is 15.9. The van der Waals surface area contributed by atoms with E-state index in [1.807, 2.05) is 12.1 Å². The van der Waals surface area contributed by atoms with Gasteiger partial charge in [-0.3, -0.25) is 4.79 Å². The first-order valence-corrected chi connectivity index (χ1v) is 7.00. The highest BCUT2D eigenvalue weighted by Gasteiger charge is 2.03. The largest absolute Gasteiger partial charge is 0.484 e. The second-order valence-electron chi connectivity index (χ2n) is 4.60. The van der Waals surface area contributed by atoms with Crippen LogP contribution in [-0.2, 0) is 4.79 Å². The van der Waals surface area contributed by atoms with Crippen LogP contribution in [0, 0.1) is 0 Å². The maximum Gasteiger partial charge on any atom is 0.277 e. The molecule has 0 aliphatic rings. The number of anilines is 1. The third-order valence-corrected chi connectivity index (χ3v) is 3.09. The lowest BCUT2D eigenvalue weighted by atomic mass is 10.1. The first-order chi connectivity index (χ1) is 10.5. The second kappa shape index (κ2) is 7.47. The van der Waals surface area contributed by atoms with Gasteiger partial charge in [-0.2, -0.15) is 5.10 Å². The maximum atomic E-state index is 11.7. The molecule has 0 unspecified atom stereocenters. The Morgan fingerprint density at radius 2 is 2.00 bits per heavy atom. The lowest BCUT2D eigenvalue weighted by Crippen LogP contribution is -2.25. The normalized spacial score (nSPS) is 11.1. The van der Waals surface area contributed by atoms with E-state index in [0.717, 1.165) is 5.56 Å². The molecule has 0 aliphatic carbocycles. The quantitative estimate of drug-likeness (QED) is 0.506. The average molecular weight is 318 g/mol. The Morgan fingerprint density at radius 1 is 1.27 bits per heavy atom. The number of nitrogens with two attached hydrogens (primary N) is 1. The predicted octanol–water partition coefficient (Wildman–Crippen LogP) is 2.84. The molecule has 0 fully saturated rings. The fraction of sp³-hybridized carbons (Fsp3) is 0.125. The van der Waals surface area contributed by atoms with E-state index in [1.54, 1.807) is 43.3 Å². The van der Waals surface area contributed by atoms with Gasteiger partial charge >= 0.3 is 0 Å². The number of carbonyl (C=O) groups is 1. The van der Waals surface area contributed by atoms with Crippen LogP contribution in [0.5, 0.6) is 5.75 Å². The summed E-state index contributed by atoms with van der Waals surface area (Å²) in [6, 6.07) is 14.0. The lowest BCUT2D eigenvalue weighted by molar-refractivity contribution is -0.123. The Kier molecular flexibility index (Phi) is 5.38. The van der Waals surface area contributed by atoms with Crippen molar-refractivity contribution < 1.29 is 9.53 Å². The highest BCUT2D eigenvalue weighted by atomic mass is 35.5. The molecule has 114 valence electrons. The van der Waals surface area contributed by atoms with Crippen LogP contribution in [0.25, 0.3) is 0 Å². The summed E-state index contributed by atoms with van der Waals surface area (Å²) < 4.78 is 5.32. The summed E-state index contributed by atoms with van der Waals surface area (Å²) in [5.41, 5.74) is 10.3. The van der Waals surface area contributed by atoms with Gasteiger partial charge in [0, 0.05) is 10.7 Å². The van der Waals surface area contributed by atoms with Gasteiger partial charge in [0.15, 0.2) is 6.61 Å². The van der Waals surface area contributed by atoms with E-state index in [1.165, 1.54) is 0 Å². The van der Waals surface area contributed by atoms with Gasteiger partial charge in [0.2, 0.25) is 0 Å². The summed E-state index contributed by atoms with van der Waals surface area (Å²) in [6.07, 6.45) is 0. The molecule has 1 amide bonds. The minimum atomic E-state index is -0.349. The van der Waals surface area contributed by atoms with Crippen LogP contribution in [0.15, 0.2) is 53.6 Å². The van der Waals surface area contributed by atoms with E-state index < -0.39 is 0 Å². The number of rotatable bonds is 5. The number of benzene rings is 2. The molecular weight excluding hydrogens is 302 g/mol. The Hall–Kier alpha value is -2.53. The van der Waals surface area contributed by atoms with Crippen molar-refractivity contribution in [2.45, 2.75) is 6.92 Å². The summed E-state index contributed by atoms with van der Waals surface area (Å²) in [4.78, 5) is 11.7. The fourth-order valence-corrected chi connectivity index (χ4v) is 1.81. The van der Waals surface area contributed by atoms with E-state index in [9.17, 15) is 4.79 Å². The third kappa shape index (κ3) is 4.79. The van der Waals surface area contributed by atoms with Crippen LogP contribution in [0.1, 0.15) is 12.5 Å². The molecule has 6 heteroatoms. The Morgan fingerprint density at radius 3 is 2.68 bits per heavy atom. The summed E-state index contributed by atoms with van der Waals surface area (Å²) in [5.74, 6) is 0.217. The van der Waals surface area contributed by atoms with E-state index in [-0.39, 0.29) is 12.5 Å². The fourth-order valence-electron chi connectivity index (χ4n) is 1.69. The van der Waals surface area contributed by atoms with Crippen molar-refractivity contribution in [3.05, 3.63) is 59.1 Å². The second-order valence-corrected chi connectivity index (χ2v) is 5.04. The molecule has 2 rings (SSSR count). The number of nitrogens with zero attached hydrogens (tertiary/aromatic N) is 1. The van der Waals surface area contributed by atoms with Gasteiger partial charge in [-0.25, -0.2) is 5.43 Å². The van der Waals surface area contributed by atoms with Gasteiger partial charge in [0.1, 0.15) is 5.75 Å². The molecule has 0 aromatic heterocycles. The van der Waals surface area contributed by atoms with E-state index >= 15 is 0 Å². The number of nitrogens with one attached hydrogen (secondary N) is 1. The summed E-state index contributed by atoms with van der Waals surface area (Å²) >= 11 is 5.77. The number of halogens is 1. The molecule has 0 spiro atoms. The molecule has 0 bridgehead atoms. The van der Waals surface area contributed by atoms with Crippen molar-refractivity contribution in [1.82, 2.24) is 5.43 Å². The standard InChI is InChI=1S/C16H16ClN3O2/c1-11(12-3-2-4-14(18)9-12)19-20-16(21)10-22-15-7-5-13(17)6-8-15/h2-9H,10,18H2,1H3,(H,20,21)/b19-11+. The number of hydrogen-bond donors (Lipinski definition) is 2. The highest BCUT2D eigenvalue weighted by Crippen LogP contribution is 2.15. The minimum absolute atomic E-state index is 0.130. The Labute approximate surface area is 133 Å². The van der Waals surface area contributed by atoms with E-state index in [2.05, 4.69) is 10.5 Å². The number of hydrogen-bond acceptors (Lipinski definition) is 4. The molecule has 2 aromatic carbocycles. The van der Waals surface area contributed by atoms with Crippen molar-refractivity contribution >= 4 is 28.9 Å². The molecule has 5 nitrogen and oxygen atoms in total. The number of amides is 1. The lowest BCUT2D eigenvalue weighted by Gasteiger charge is -2.06. The van der Waals surface area contributed by atoms with Crippen molar-refractivity contribution in [3.8, 4) is 5.75 Å². The zero-order chi connectivity index (χ0) is 15.9. The minimum Gasteiger partial charge on any atom is -0.484 e. The van der Waals surface area contributed by atoms with Gasteiger partial charge in [0.05, 0.1) is 5.71 Å². The first-order valence-electron chi connectivity index (χ1n) is 6.62. The molecule has 0 atom stereocenters. The predicted molar refractivity (Wildman–Crippen MR) is 88.2 cm³/mol. The number of hydrazone groups is 1. The van der Waals surface area contributed by atoms with Crippen molar-refractivity contribution in [3.63, 3.8) is 0 Å². The molecule has 3 N–H and O–H groups in total. The zero-order valence-electron chi connectivity index (χ0n) is 12.0. The average Bonchev–Trinajstić information content (AvgIpc) is 2.52. The van der Waals surface area contributed by atoms with Crippen LogP contribution < -0.4 is 15.9 Å². The summed E-state index contributed by atoms with van der Waals surface area (Å²) in [7, 11) is 0. The molecule has 0 heterocycles. The SMILES string of the molecule is C/C(=N\NC(=O)COc1ccc(Cl)cc1)c1cccc(N)c1. The number of carbonyl (C=O) groups excluding carboxylic acids is 1. The molecule has 0 aliphatic heterocycles. The summed E-state index contributed by atoms with van der Waals surface area (Å²) in [5, 5.41) is 4.63. The van der Waals surface area contributed by atoms with Gasteiger partial charge < -0.3 is 10.5 Å². The molecule has 0 saturated carbocycles. The molecule has 2 aromatic rings. The van der Waals surface area contributed by atoms with Gasteiger partial charge in [-0.15, -0.1) is 0 Å². The zero-order valence-corrected chi connectivity index (χ0v) is 12.8. The van der Waals surface area contributed by atoms with E-state index in [4.69, 9.17) is 22.1 Å². The van der Waals surface area contributed by atoms with Gasteiger partial charge in [0.25, 0.3) is 5.91 Å².